The SMILES string of the molecule is CC1=C(C)C(C)[C]([Zr]([CH]2C=C(c3c(C)cc(C)c(C)c3C)c3ccccc32)=[Si](C)C)=C1C. The minimum atomic E-state index is -1.95. The summed E-state index contributed by atoms with van der Waals surface area (Å²) in [5, 5.41) is 0. The predicted molar refractivity (Wildman–Crippen MR) is 139 cm³/mol. The second kappa shape index (κ2) is 8.84. The summed E-state index contributed by atoms with van der Waals surface area (Å²) in [5.74, 6) is 0.652. The van der Waals surface area contributed by atoms with E-state index in [9.17, 15) is 0 Å². The van der Waals surface area contributed by atoms with E-state index in [1.165, 1.54) is 39.0 Å². The Balaban J connectivity index is 1.97. The van der Waals surface area contributed by atoms with Crippen molar-refractivity contribution < 1.29 is 20.4 Å². The van der Waals surface area contributed by atoms with E-state index in [0.29, 0.717) is 9.54 Å². The van der Waals surface area contributed by atoms with Gasteiger partial charge in [-0.15, -0.1) is 0 Å². The molecule has 0 radical (unpaired) electrons. The van der Waals surface area contributed by atoms with Crippen LogP contribution in [-0.4, -0.2) is 5.43 Å². The van der Waals surface area contributed by atoms with Crippen LogP contribution in [-0.2, 0) is 20.4 Å². The van der Waals surface area contributed by atoms with Crippen molar-refractivity contribution in [2.24, 2.45) is 5.92 Å². The van der Waals surface area contributed by atoms with Gasteiger partial charge in [0.1, 0.15) is 0 Å². The number of hydrogen-bond donors (Lipinski definition) is 0. The molecular weight excluding hydrogens is 480 g/mol. The zero-order valence-electron chi connectivity index (χ0n) is 21.6. The molecule has 0 saturated heterocycles. The van der Waals surface area contributed by atoms with E-state index in [2.05, 4.69) is 105 Å². The van der Waals surface area contributed by atoms with E-state index in [-0.39, 0.29) is 5.43 Å². The standard InChI is InChI=1S/C19H19.C9H13.C2H6Si.Zr/c1-12-11-13(2)19(15(4)14(12)3)18-10-9-16-7-5-6-8-17(16)18;1-6-5-7(2)9(4)8(6)3;1-3-2;/h5-11H,1-4H3;6H,1-4H3;1-2H3;. The van der Waals surface area contributed by atoms with Crippen molar-refractivity contribution in [3.8, 4) is 0 Å². The molecule has 0 N–H and O–H groups in total. The normalized spacial score (nSPS) is 20.1. The van der Waals surface area contributed by atoms with Gasteiger partial charge in [-0.25, -0.2) is 0 Å². The number of fused-ring (bicyclic) bond motifs is 1. The molecule has 2 aromatic rings. The van der Waals surface area contributed by atoms with Crippen molar-refractivity contribution in [1.29, 1.82) is 0 Å². The maximum absolute atomic E-state index is 2.73. The van der Waals surface area contributed by atoms with Crippen LogP contribution in [0, 0.1) is 33.6 Å². The maximum atomic E-state index is 2.73. The van der Waals surface area contributed by atoms with Crippen molar-refractivity contribution in [3.05, 3.63) is 95.4 Å². The summed E-state index contributed by atoms with van der Waals surface area (Å²) in [5.41, 5.74) is 16.3. The van der Waals surface area contributed by atoms with Crippen LogP contribution in [0.2, 0.25) is 13.1 Å². The number of allylic oxidation sites excluding steroid dienone is 5. The minimum absolute atomic E-state index is 0.364. The molecular formula is C30H38SiZr. The van der Waals surface area contributed by atoms with Crippen LogP contribution in [0.25, 0.3) is 5.57 Å². The molecule has 0 bridgehead atoms. The fraction of sp³-hybridized carbons (Fsp3) is 0.400. The molecule has 0 spiro atoms. The van der Waals surface area contributed by atoms with Gasteiger partial charge in [0, 0.05) is 0 Å². The molecule has 2 aromatic carbocycles. The van der Waals surface area contributed by atoms with Crippen LogP contribution in [0.3, 0.4) is 0 Å². The van der Waals surface area contributed by atoms with Crippen molar-refractivity contribution in [2.45, 2.75) is 72.1 Å². The molecule has 2 aliphatic carbocycles. The van der Waals surface area contributed by atoms with Crippen LogP contribution in [0.4, 0.5) is 0 Å². The van der Waals surface area contributed by atoms with Crippen LogP contribution < -0.4 is 0 Å². The molecule has 0 nitrogen and oxygen atoms in total. The monoisotopic (exact) mass is 516 g/mol. The van der Waals surface area contributed by atoms with Crippen LogP contribution in [0.15, 0.2) is 56.4 Å². The molecule has 0 heterocycles. The topological polar surface area (TPSA) is 0 Å². The van der Waals surface area contributed by atoms with E-state index in [1.807, 2.05) is 3.28 Å². The Labute approximate surface area is 203 Å². The summed E-state index contributed by atoms with van der Waals surface area (Å²) in [6.45, 7) is 24.0. The fourth-order valence-corrected chi connectivity index (χ4v) is 25.7. The third-order valence-corrected chi connectivity index (χ3v) is 26.9. The second-order valence-electron chi connectivity index (χ2n) is 10.3. The van der Waals surface area contributed by atoms with Gasteiger partial charge < -0.3 is 0 Å². The molecule has 4 rings (SSSR count). The third-order valence-electron chi connectivity index (χ3n) is 8.33. The van der Waals surface area contributed by atoms with Gasteiger partial charge in [-0.1, -0.05) is 0 Å². The first-order chi connectivity index (χ1) is 15.1. The summed E-state index contributed by atoms with van der Waals surface area (Å²) in [6.07, 6.45) is 2.73. The third kappa shape index (κ3) is 3.67. The van der Waals surface area contributed by atoms with Crippen molar-refractivity contribution in [3.63, 3.8) is 0 Å². The van der Waals surface area contributed by atoms with E-state index in [1.54, 1.807) is 22.3 Å². The van der Waals surface area contributed by atoms with E-state index in [4.69, 9.17) is 0 Å². The average molecular weight is 518 g/mol. The molecule has 0 aromatic heterocycles. The summed E-state index contributed by atoms with van der Waals surface area (Å²) >= 11 is -1.95. The summed E-state index contributed by atoms with van der Waals surface area (Å²) in [7, 11) is 0. The van der Waals surface area contributed by atoms with Crippen LogP contribution in [0.5, 0.6) is 0 Å². The molecule has 32 heavy (non-hydrogen) atoms. The summed E-state index contributed by atoms with van der Waals surface area (Å²) in [6, 6.07) is 11.7. The zero-order chi connectivity index (χ0) is 23.5. The molecule has 0 aliphatic heterocycles. The number of rotatable bonds is 3. The van der Waals surface area contributed by atoms with E-state index in [0.717, 1.165) is 0 Å². The fourth-order valence-electron chi connectivity index (χ4n) is 6.06. The van der Waals surface area contributed by atoms with Gasteiger partial charge in [-0.3, -0.25) is 0 Å². The molecule has 0 saturated carbocycles. The van der Waals surface area contributed by atoms with E-state index < -0.39 is 20.4 Å². The quantitative estimate of drug-likeness (QED) is 0.358. The Hall–Kier alpha value is -1.24. The van der Waals surface area contributed by atoms with Gasteiger partial charge in [0.2, 0.25) is 0 Å². The number of benzene rings is 2. The first-order valence-corrected chi connectivity index (χ1v) is 20.8. The Bertz CT molecular complexity index is 1260. The van der Waals surface area contributed by atoms with Gasteiger partial charge in [-0.2, -0.15) is 0 Å². The Morgan fingerprint density at radius 2 is 1.47 bits per heavy atom. The number of aryl methyl sites for hydroxylation is 2. The average Bonchev–Trinajstić information content (AvgIpc) is 3.20. The van der Waals surface area contributed by atoms with Gasteiger partial charge >= 0.3 is 205 Å². The van der Waals surface area contributed by atoms with Gasteiger partial charge in [-0.05, 0) is 0 Å². The van der Waals surface area contributed by atoms with Gasteiger partial charge in [0.15, 0.2) is 0 Å². The predicted octanol–water partition coefficient (Wildman–Crippen LogP) is 8.54. The second-order valence-corrected chi connectivity index (χ2v) is 27.7. The molecule has 0 amide bonds. The summed E-state index contributed by atoms with van der Waals surface area (Å²) in [4.78, 5) is 0. The summed E-state index contributed by atoms with van der Waals surface area (Å²) < 4.78 is 2.58. The van der Waals surface area contributed by atoms with E-state index >= 15 is 0 Å². The molecule has 166 valence electrons. The van der Waals surface area contributed by atoms with Crippen LogP contribution in [0.1, 0.15) is 70.3 Å². The van der Waals surface area contributed by atoms with Gasteiger partial charge in [0.05, 0.1) is 0 Å². The van der Waals surface area contributed by atoms with Crippen molar-refractivity contribution in [1.82, 2.24) is 0 Å². The molecule has 2 unspecified atom stereocenters. The Morgan fingerprint density at radius 1 is 0.812 bits per heavy atom. The number of hydrogen-bond acceptors (Lipinski definition) is 0. The van der Waals surface area contributed by atoms with Crippen LogP contribution >= 0.6 is 0 Å². The van der Waals surface area contributed by atoms with Crippen molar-refractivity contribution in [2.75, 3.05) is 0 Å². The molecule has 2 atom stereocenters. The first kappa shape index (κ1) is 23.9. The molecule has 2 aliphatic rings. The zero-order valence-corrected chi connectivity index (χ0v) is 25.1. The Kier molecular flexibility index (Phi) is 6.61. The Morgan fingerprint density at radius 3 is 2.06 bits per heavy atom. The van der Waals surface area contributed by atoms with Gasteiger partial charge in [0.25, 0.3) is 0 Å². The first-order valence-electron chi connectivity index (χ1n) is 12.0. The molecule has 0 fully saturated rings. The molecule has 2 heteroatoms. The van der Waals surface area contributed by atoms with Crippen molar-refractivity contribution >= 4 is 11.0 Å².